The van der Waals surface area contributed by atoms with Crippen LogP contribution >= 0.6 is 34.8 Å². The Labute approximate surface area is 166 Å². The molecular weight excluding hydrogens is 393 g/mol. The van der Waals surface area contributed by atoms with Gasteiger partial charge in [-0.2, -0.15) is 0 Å². The summed E-state index contributed by atoms with van der Waals surface area (Å²) in [5.41, 5.74) is 1.37. The molecule has 7 heteroatoms. The first-order chi connectivity index (χ1) is 12.4. The summed E-state index contributed by atoms with van der Waals surface area (Å²) in [5.74, 6) is 0.916. The molecule has 0 aliphatic heterocycles. The van der Waals surface area contributed by atoms with Crippen molar-refractivity contribution >= 4 is 62.9 Å². The highest BCUT2D eigenvalue weighted by atomic mass is 35.5. The molecule has 0 spiro atoms. The molecule has 26 heavy (non-hydrogen) atoms. The maximum atomic E-state index is 8.41. The molecular formula is C19H16Cl3N3O. The third-order valence-corrected chi connectivity index (χ3v) is 5.35. The quantitative estimate of drug-likeness (QED) is 0.304. The zero-order valence-electron chi connectivity index (χ0n) is 14.1. The van der Waals surface area contributed by atoms with Gasteiger partial charge < -0.3 is 15.0 Å². The number of rotatable bonds is 3. The highest BCUT2D eigenvalue weighted by Gasteiger charge is 2.16. The van der Waals surface area contributed by atoms with Crippen molar-refractivity contribution in [2.45, 2.75) is 0 Å². The largest absolute Gasteiger partial charge is 0.496 e. The number of anilines is 2. The second-order valence-electron chi connectivity index (χ2n) is 5.59. The lowest BCUT2D eigenvalue weighted by Crippen LogP contribution is -2.32. The second kappa shape index (κ2) is 7.62. The Hall–Kier alpha value is -2.14. The molecule has 0 aromatic heterocycles. The predicted octanol–water partition coefficient (Wildman–Crippen LogP) is 6.29. The molecule has 0 bridgehead atoms. The van der Waals surface area contributed by atoms with E-state index in [4.69, 9.17) is 44.9 Å². The lowest BCUT2D eigenvalue weighted by Gasteiger charge is -2.23. The maximum Gasteiger partial charge on any atom is 0.199 e. The number of guanidine groups is 1. The van der Waals surface area contributed by atoms with Gasteiger partial charge in [-0.1, -0.05) is 59.1 Å². The number of hydrogen-bond acceptors (Lipinski definition) is 2. The first-order valence-corrected chi connectivity index (χ1v) is 8.86. The molecule has 0 saturated carbocycles. The summed E-state index contributed by atoms with van der Waals surface area (Å²) in [6.07, 6.45) is 0. The van der Waals surface area contributed by atoms with Gasteiger partial charge in [-0.3, -0.25) is 5.41 Å². The zero-order chi connectivity index (χ0) is 18.8. The minimum atomic E-state index is 0.139. The number of nitrogens with zero attached hydrogens (tertiary/aromatic N) is 1. The lowest BCUT2D eigenvalue weighted by atomic mass is 10.1. The third kappa shape index (κ3) is 3.40. The number of methoxy groups -OCH3 is 1. The third-order valence-electron chi connectivity index (χ3n) is 4.07. The molecule has 3 aromatic carbocycles. The van der Waals surface area contributed by atoms with E-state index < -0.39 is 0 Å². The van der Waals surface area contributed by atoms with Crippen LogP contribution in [0.25, 0.3) is 10.8 Å². The van der Waals surface area contributed by atoms with Gasteiger partial charge in [-0.15, -0.1) is 0 Å². The summed E-state index contributed by atoms with van der Waals surface area (Å²) in [6.45, 7) is 0. The van der Waals surface area contributed by atoms with Crippen molar-refractivity contribution in [1.29, 1.82) is 5.41 Å². The van der Waals surface area contributed by atoms with Crippen molar-refractivity contribution in [2.24, 2.45) is 0 Å². The zero-order valence-corrected chi connectivity index (χ0v) is 16.4. The van der Waals surface area contributed by atoms with E-state index in [-0.39, 0.29) is 11.0 Å². The van der Waals surface area contributed by atoms with Gasteiger partial charge in [0.2, 0.25) is 0 Å². The number of benzene rings is 3. The van der Waals surface area contributed by atoms with Crippen LogP contribution in [0.15, 0.2) is 48.5 Å². The SMILES string of the molecule is COc1ccc(NC(=N)N(C)c2ccc(Cl)c(Cl)c2Cl)c2ccccc12. The fourth-order valence-corrected chi connectivity index (χ4v) is 3.32. The molecule has 0 amide bonds. The van der Waals surface area contributed by atoms with Crippen molar-refractivity contribution in [3.05, 3.63) is 63.6 Å². The van der Waals surface area contributed by atoms with Crippen molar-refractivity contribution in [2.75, 3.05) is 24.4 Å². The van der Waals surface area contributed by atoms with Gasteiger partial charge in [0.15, 0.2) is 5.96 Å². The van der Waals surface area contributed by atoms with E-state index in [0.29, 0.717) is 15.7 Å². The van der Waals surface area contributed by atoms with Gasteiger partial charge in [0.25, 0.3) is 0 Å². The number of nitrogens with one attached hydrogen (secondary N) is 2. The summed E-state index contributed by atoms with van der Waals surface area (Å²) in [5, 5.41) is 14.4. The molecule has 0 aliphatic carbocycles. The van der Waals surface area contributed by atoms with Crippen LogP contribution in [0, 0.1) is 5.41 Å². The second-order valence-corrected chi connectivity index (χ2v) is 6.75. The van der Waals surface area contributed by atoms with E-state index in [1.165, 1.54) is 0 Å². The number of ether oxygens (including phenoxy) is 1. The monoisotopic (exact) mass is 407 g/mol. The normalized spacial score (nSPS) is 10.7. The van der Waals surface area contributed by atoms with Gasteiger partial charge in [0.1, 0.15) is 5.75 Å². The molecule has 134 valence electrons. The first kappa shape index (κ1) is 18.6. The topological polar surface area (TPSA) is 48.4 Å². The van der Waals surface area contributed by atoms with Gasteiger partial charge in [-0.05, 0) is 24.3 Å². The van der Waals surface area contributed by atoms with E-state index in [2.05, 4.69) is 5.32 Å². The summed E-state index contributed by atoms with van der Waals surface area (Å²) in [6, 6.07) is 14.9. The molecule has 0 radical (unpaired) electrons. The van der Waals surface area contributed by atoms with Gasteiger partial charge in [0.05, 0.1) is 27.9 Å². The lowest BCUT2D eigenvalue weighted by molar-refractivity contribution is 0.420. The molecule has 3 aromatic rings. The fourth-order valence-electron chi connectivity index (χ4n) is 2.67. The molecule has 3 rings (SSSR count). The van der Waals surface area contributed by atoms with Gasteiger partial charge in [0, 0.05) is 23.5 Å². The number of fused-ring (bicyclic) bond motifs is 1. The van der Waals surface area contributed by atoms with E-state index in [1.54, 1.807) is 31.2 Å². The molecule has 0 aliphatic rings. The molecule has 0 saturated heterocycles. The van der Waals surface area contributed by atoms with E-state index in [0.717, 1.165) is 22.2 Å². The van der Waals surface area contributed by atoms with Crippen molar-refractivity contribution < 1.29 is 4.74 Å². The number of halogens is 3. The summed E-state index contributed by atoms with van der Waals surface area (Å²) < 4.78 is 5.41. The highest BCUT2D eigenvalue weighted by molar-refractivity contribution is 6.49. The maximum absolute atomic E-state index is 8.41. The highest BCUT2D eigenvalue weighted by Crippen LogP contribution is 2.37. The van der Waals surface area contributed by atoms with Crippen molar-refractivity contribution in [1.82, 2.24) is 0 Å². The fraction of sp³-hybridized carbons (Fsp3) is 0.105. The molecule has 0 unspecified atom stereocenters. The van der Waals surface area contributed by atoms with Crippen LogP contribution in [-0.2, 0) is 0 Å². The van der Waals surface area contributed by atoms with Crippen LogP contribution in [0.1, 0.15) is 0 Å². The predicted molar refractivity (Wildman–Crippen MR) is 112 cm³/mol. The minimum absolute atomic E-state index is 0.139. The Morgan fingerprint density at radius 1 is 0.962 bits per heavy atom. The Morgan fingerprint density at radius 3 is 2.35 bits per heavy atom. The standard InChI is InChI=1S/C19H16Cl3N3O/c1-25(15-9-7-13(20)17(21)18(15)22)19(23)24-14-8-10-16(26-2)12-6-4-3-5-11(12)14/h3-10H,1-2H3,(H2,23,24). The van der Waals surface area contributed by atoms with Crippen molar-refractivity contribution in [3.8, 4) is 5.75 Å². The van der Waals surface area contributed by atoms with Crippen molar-refractivity contribution in [3.63, 3.8) is 0 Å². The smallest absolute Gasteiger partial charge is 0.199 e. The minimum Gasteiger partial charge on any atom is -0.496 e. The summed E-state index contributed by atoms with van der Waals surface area (Å²) in [4.78, 5) is 1.60. The average molecular weight is 409 g/mol. The van der Waals surface area contributed by atoms with Crippen LogP contribution in [0.5, 0.6) is 5.75 Å². The molecule has 0 heterocycles. The average Bonchev–Trinajstić information content (AvgIpc) is 2.66. The Bertz CT molecular complexity index is 991. The molecule has 4 nitrogen and oxygen atoms in total. The van der Waals surface area contributed by atoms with Crippen LogP contribution in [0.3, 0.4) is 0 Å². The molecule has 0 fully saturated rings. The number of hydrogen-bond donors (Lipinski definition) is 2. The molecule has 0 atom stereocenters. The van der Waals surface area contributed by atoms with Crippen LogP contribution in [-0.4, -0.2) is 20.1 Å². The van der Waals surface area contributed by atoms with Gasteiger partial charge in [-0.25, -0.2) is 0 Å². The Kier molecular flexibility index (Phi) is 5.47. The van der Waals surface area contributed by atoms with Gasteiger partial charge >= 0.3 is 0 Å². The van der Waals surface area contributed by atoms with Crippen LogP contribution < -0.4 is 15.0 Å². The van der Waals surface area contributed by atoms with E-state index >= 15 is 0 Å². The van der Waals surface area contributed by atoms with E-state index in [1.807, 2.05) is 36.4 Å². The Morgan fingerprint density at radius 2 is 1.65 bits per heavy atom. The molecule has 2 N–H and O–H groups in total. The first-order valence-electron chi connectivity index (χ1n) is 7.72. The summed E-state index contributed by atoms with van der Waals surface area (Å²) in [7, 11) is 3.36. The van der Waals surface area contributed by atoms with Crippen LogP contribution in [0.2, 0.25) is 15.1 Å². The van der Waals surface area contributed by atoms with Crippen LogP contribution in [0.4, 0.5) is 11.4 Å². The van der Waals surface area contributed by atoms with E-state index in [9.17, 15) is 0 Å². The Balaban J connectivity index is 1.94. The summed E-state index contributed by atoms with van der Waals surface area (Å²) >= 11 is 18.4.